The number of hydrogen-bond donors (Lipinski definition) is 2. The molecule has 23 heavy (non-hydrogen) atoms. The van der Waals surface area contributed by atoms with Crippen LogP contribution in [0.25, 0.3) is 0 Å². The highest BCUT2D eigenvalue weighted by molar-refractivity contribution is 7.11. The van der Waals surface area contributed by atoms with Gasteiger partial charge in [-0.05, 0) is 38.1 Å². The summed E-state index contributed by atoms with van der Waals surface area (Å²) >= 11 is 1.73. The molecule has 6 heteroatoms. The first-order valence-corrected chi connectivity index (χ1v) is 8.51. The minimum absolute atomic E-state index is 0.0209. The molecule has 1 aromatic heterocycles. The van der Waals surface area contributed by atoms with E-state index in [-0.39, 0.29) is 12.6 Å². The van der Waals surface area contributed by atoms with E-state index >= 15 is 0 Å². The Morgan fingerprint density at radius 1 is 1.26 bits per heavy atom. The van der Waals surface area contributed by atoms with Crippen LogP contribution in [0.2, 0.25) is 0 Å². The van der Waals surface area contributed by atoms with Crippen LogP contribution in [0, 0.1) is 6.92 Å². The molecule has 1 heterocycles. The van der Waals surface area contributed by atoms with Crippen LogP contribution in [0.1, 0.15) is 28.5 Å². The molecule has 0 bridgehead atoms. The van der Waals surface area contributed by atoms with Gasteiger partial charge >= 0.3 is 0 Å². The summed E-state index contributed by atoms with van der Waals surface area (Å²) in [5.74, 6) is 0.757. The Balaban J connectivity index is 1.98. The second-order valence-electron chi connectivity index (χ2n) is 5.26. The van der Waals surface area contributed by atoms with Crippen molar-refractivity contribution in [3.63, 3.8) is 0 Å². The molecule has 0 saturated carbocycles. The zero-order chi connectivity index (χ0) is 16.7. The Morgan fingerprint density at radius 3 is 2.65 bits per heavy atom. The maximum atomic E-state index is 8.76. The first kappa shape index (κ1) is 17.7. The number of aryl methyl sites for hydroxylation is 1. The molecule has 0 aliphatic rings. The third-order valence-corrected chi connectivity index (χ3v) is 4.79. The van der Waals surface area contributed by atoms with E-state index in [1.54, 1.807) is 18.4 Å². The lowest BCUT2D eigenvalue weighted by molar-refractivity contribution is 0.201. The topological polar surface area (TPSA) is 63.6 Å². The van der Waals surface area contributed by atoms with Crippen molar-refractivity contribution in [3.8, 4) is 5.75 Å². The van der Waals surface area contributed by atoms with Crippen LogP contribution in [0.3, 0.4) is 0 Å². The zero-order valence-corrected chi connectivity index (χ0v) is 14.7. The second-order valence-corrected chi connectivity index (χ2v) is 6.38. The van der Waals surface area contributed by atoms with E-state index in [0.717, 1.165) is 28.6 Å². The van der Waals surface area contributed by atoms with Gasteiger partial charge in [-0.25, -0.2) is 4.98 Å². The zero-order valence-electron chi connectivity index (χ0n) is 13.8. The first-order chi connectivity index (χ1) is 11.1. The Bertz CT molecular complexity index is 598. The highest BCUT2D eigenvalue weighted by Crippen LogP contribution is 2.28. The molecular formula is C17H24N2O3S. The molecular weight excluding hydrogens is 312 g/mol. The number of aliphatic hydroxyl groups excluding tert-OH is 1. The molecule has 2 rings (SSSR count). The maximum Gasteiger partial charge on any atom is 0.119 e. The summed E-state index contributed by atoms with van der Waals surface area (Å²) in [5, 5.41) is 13.4. The predicted octanol–water partition coefficient (Wildman–Crippen LogP) is 3.18. The van der Waals surface area contributed by atoms with E-state index in [2.05, 4.69) is 17.2 Å². The summed E-state index contributed by atoms with van der Waals surface area (Å²) in [6, 6.07) is 7.94. The first-order valence-electron chi connectivity index (χ1n) is 7.69. The van der Waals surface area contributed by atoms with E-state index in [9.17, 15) is 0 Å². The fourth-order valence-electron chi connectivity index (χ4n) is 2.29. The van der Waals surface area contributed by atoms with E-state index in [1.165, 1.54) is 4.88 Å². The van der Waals surface area contributed by atoms with Gasteiger partial charge in [-0.2, -0.15) is 0 Å². The van der Waals surface area contributed by atoms with Gasteiger partial charge in [-0.3, -0.25) is 0 Å². The van der Waals surface area contributed by atoms with Crippen molar-refractivity contribution in [2.45, 2.75) is 26.3 Å². The van der Waals surface area contributed by atoms with Crippen LogP contribution in [0.15, 0.2) is 24.3 Å². The van der Waals surface area contributed by atoms with E-state index in [1.807, 2.05) is 31.2 Å². The summed E-state index contributed by atoms with van der Waals surface area (Å²) < 4.78 is 10.5. The molecule has 0 fully saturated rings. The van der Waals surface area contributed by atoms with Crippen molar-refractivity contribution in [1.29, 1.82) is 0 Å². The summed E-state index contributed by atoms with van der Waals surface area (Å²) in [6.45, 7) is 5.22. The van der Waals surface area contributed by atoms with Crippen LogP contribution in [0.5, 0.6) is 5.75 Å². The van der Waals surface area contributed by atoms with E-state index in [4.69, 9.17) is 14.6 Å². The monoisotopic (exact) mass is 336 g/mol. The minimum Gasteiger partial charge on any atom is -0.491 e. The number of benzene rings is 1. The molecule has 2 N–H and O–H groups in total. The molecule has 1 atom stereocenters. The van der Waals surface area contributed by atoms with Gasteiger partial charge in [0.2, 0.25) is 0 Å². The normalized spacial score (nSPS) is 12.2. The molecule has 2 aromatic rings. The standard InChI is InChI=1S/C17H24N2O3S/c1-12(17-13(2)19-16(23-17)8-10-21-3)18-14-4-6-15(7-5-14)22-11-9-20/h4-7,12,18,20H,8-11H2,1-3H3. The Morgan fingerprint density at radius 2 is 2.00 bits per heavy atom. The number of thiazole rings is 1. The third kappa shape index (κ3) is 5.20. The van der Waals surface area contributed by atoms with Crippen molar-refractivity contribution in [2.24, 2.45) is 0 Å². The maximum absolute atomic E-state index is 8.76. The Kier molecular flexibility index (Phi) is 6.83. The van der Waals surface area contributed by atoms with Crippen molar-refractivity contribution in [2.75, 3.05) is 32.2 Å². The van der Waals surface area contributed by atoms with Crippen molar-refractivity contribution in [1.82, 2.24) is 4.98 Å². The van der Waals surface area contributed by atoms with E-state index < -0.39 is 0 Å². The molecule has 126 valence electrons. The quantitative estimate of drug-likeness (QED) is 0.736. The number of ether oxygens (including phenoxy) is 2. The predicted molar refractivity (Wildman–Crippen MR) is 93.5 cm³/mol. The number of hydrogen-bond acceptors (Lipinski definition) is 6. The van der Waals surface area contributed by atoms with Gasteiger partial charge in [0.25, 0.3) is 0 Å². The summed E-state index contributed by atoms with van der Waals surface area (Å²) in [7, 11) is 1.71. The smallest absolute Gasteiger partial charge is 0.119 e. The van der Waals surface area contributed by atoms with Gasteiger partial charge in [-0.1, -0.05) is 0 Å². The van der Waals surface area contributed by atoms with Gasteiger partial charge in [0.1, 0.15) is 12.4 Å². The SMILES string of the molecule is COCCc1nc(C)c(C(C)Nc2ccc(OCCO)cc2)s1. The molecule has 0 radical (unpaired) electrons. The van der Waals surface area contributed by atoms with Crippen molar-refractivity contribution in [3.05, 3.63) is 39.8 Å². The summed E-state index contributed by atoms with van der Waals surface area (Å²) in [4.78, 5) is 5.86. The molecule has 0 spiro atoms. The highest BCUT2D eigenvalue weighted by atomic mass is 32.1. The van der Waals surface area contributed by atoms with Gasteiger partial charge in [0, 0.05) is 24.1 Å². The molecule has 1 aromatic carbocycles. The molecule has 0 saturated heterocycles. The van der Waals surface area contributed by atoms with Crippen LogP contribution in [-0.2, 0) is 11.2 Å². The average Bonchev–Trinajstić information content (AvgIpc) is 2.93. The van der Waals surface area contributed by atoms with Crippen LogP contribution in [-0.4, -0.2) is 37.0 Å². The van der Waals surface area contributed by atoms with Gasteiger partial charge in [-0.15, -0.1) is 11.3 Å². The number of methoxy groups -OCH3 is 1. The van der Waals surface area contributed by atoms with Crippen LogP contribution < -0.4 is 10.1 Å². The highest BCUT2D eigenvalue weighted by Gasteiger charge is 2.14. The average molecular weight is 336 g/mol. The lowest BCUT2D eigenvalue weighted by atomic mass is 10.2. The minimum atomic E-state index is 0.0209. The summed E-state index contributed by atoms with van der Waals surface area (Å²) in [6.07, 6.45) is 0.853. The number of nitrogens with zero attached hydrogens (tertiary/aromatic N) is 1. The second kappa shape index (κ2) is 8.86. The Labute approximate surface area is 141 Å². The van der Waals surface area contributed by atoms with Crippen LogP contribution >= 0.6 is 11.3 Å². The fourth-order valence-corrected chi connectivity index (χ4v) is 3.34. The van der Waals surface area contributed by atoms with Crippen molar-refractivity contribution >= 4 is 17.0 Å². The molecule has 5 nitrogen and oxygen atoms in total. The third-order valence-electron chi connectivity index (χ3n) is 3.39. The number of rotatable bonds is 9. The lowest BCUT2D eigenvalue weighted by Gasteiger charge is -2.15. The number of anilines is 1. The number of nitrogens with one attached hydrogen (secondary N) is 1. The lowest BCUT2D eigenvalue weighted by Crippen LogP contribution is -2.06. The van der Waals surface area contributed by atoms with E-state index in [0.29, 0.717) is 13.2 Å². The van der Waals surface area contributed by atoms with Crippen molar-refractivity contribution < 1.29 is 14.6 Å². The molecule has 1 unspecified atom stereocenters. The Hall–Kier alpha value is -1.63. The molecule has 0 amide bonds. The fraction of sp³-hybridized carbons (Fsp3) is 0.471. The van der Waals surface area contributed by atoms with Gasteiger partial charge in [0.05, 0.1) is 30.0 Å². The summed E-state index contributed by atoms with van der Waals surface area (Å²) in [5.41, 5.74) is 2.10. The number of aromatic nitrogens is 1. The van der Waals surface area contributed by atoms with Gasteiger partial charge in [0.15, 0.2) is 0 Å². The van der Waals surface area contributed by atoms with Gasteiger partial charge < -0.3 is 19.9 Å². The van der Waals surface area contributed by atoms with Crippen LogP contribution in [0.4, 0.5) is 5.69 Å². The molecule has 0 aliphatic heterocycles. The molecule has 0 aliphatic carbocycles. The number of aliphatic hydroxyl groups is 1. The largest absolute Gasteiger partial charge is 0.491 e.